The van der Waals surface area contributed by atoms with Crippen LogP contribution in [0.3, 0.4) is 0 Å². The molecule has 0 N–H and O–H groups in total. The lowest BCUT2D eigenvalue weighted by Gasteiger charge is -2.27. The molecule has 3 heteroatoms. The van der Waals surface area contributed by atoms with E-state index >= 15 is 0 Å². The molecule has 8 aromatic carbocycles. The molecule has 1 heterocycles. The summed E-state index contributed by atoms with van der Waals surface area (Å²) in [6, 6.07) is 70.3. The Hall–Kier alpha value is -6.84. The van der Waals surface area contributed by atoms with E-state index in [0.29, 0.717) is 0 Å². The maximum atomic E-state index is 5.41. The van der Waals surface area contributed by atoms with Gasteiger partial charge in [-0.15, -0.1) is 0 Å². The first-order valence-corrected chi connectivity index (χ1v) is 17.2. The topological polar surface area (TPSA) is 29.0 Å². The molecule has 0 aliphatic heterocycles. The minimum atomic E-state index is 0.864. The van der Waals surface area contributed by atoms with Gasteiger partial charge in [0.25, 0.3) is 0 Å². The molecule has 0 spiro atoms. The molecule has 9 aromatic rings. The van der Waals surface area contributed by atoms with Gasteiger partial charge in [0.1, 0.15) is 0 Å². The number of aromatic nitrogens is 2. The molecule has 0 fully saturated rings. The third-order valence-electron chi connectivity index (χ3n) is 9.43. The van der Waals surface area contributed by atoms with Crippen LogP contribution in [0.25, 0.3) is 66.6 Å². The third-order valence-corrected chi connectivity index (χ3v) is 9.43. The van der Waals surface area contributed by atoms with Gasteiger partial charge in [-0.25, -0.2) is 9.97 Å². The number of hydrogen-bond acceptors (Lipinski definition) is 3. The van der Waals surface area contributed by atoms with E-state index in [1.807, 2.05) is 12.1 Å². The summed E-state index contributed by atoms with van der Waals surface area (Å²) in [5.41, 5.74) is 13.5. The summed E-state index contributed by atoms with van der Waals surface area (Å²) in [6.07, 6.45) is 0. The lowest BCUT2D eigenvalue weighted by Crippen LogP contribution is -2.10. The van der Waals surface area contributed by atoms with Crippen LogP contribution < -0.4 is 4.90 Å². The second-order valence-electron chi connectivity index (χ2n) is 12.7. The van der Waals surface area contributed by atoms with Gasteiger partial charge >= 0.3 is 0 Å². The summed E-state index contributed by atoms with van der Waals surface area (Å²) in [4.78, 5) is 13.0. The van der Waals surface area contributed by atoms with Crippen LogP contribution in [0.1, 0.15) is 0 Å². The zero-order chi connectivity index (χ0) is 34.0. The number of anilines is 3. The molecule has 1 aromatic heterocycles. The van der Waals surface area contributed by atoms with Crippen molar-refractivity contribution in [2.45, 2.75) is 0 Å². The van der Waals surface area contributed by atoms with Crippen molar-refractivity contribution in [3.05, 3.63) is 200 Å². The number of benzene rings is 8. The van der Waals surface area contributed by atoms with Crippen LogP contribution in [0.2, 0.25) is 0 Å². The quantitative estimate of drug-likeness (QED) is 0.161. The molecule has 0 amide bonds. The molecule has 0 aliphatic rings. The Balaban J connectivity index is 1.24. The van der Waals surface area contributed by atoms with E-state index in [-0.39, 0.29) is 0 Å². The largest absolute Gasteiger partial charge is 0.310 e. The number of nitrogens with zero attached hydrogens (tertiary/aromatic N) is 3. The molecule has 0 saturated carbocycles. The normalized spacial score (nSPS) is 11.1. The van der Waals surface area contributed by atoms with Gasteiger partial charge in [0.15, 0.2) is 0 Å². The van der Waals surface area contributed by atoms with Crippen LogP contribution in [0.4, 0.5) is 17.1 Å². The molecule has 240 valence electrons. The lowest BCUT2D eigenvalue weighted by molar-refractivity contribution is 1.28. The van der Waals surface area contributed by atoms with E-state index in [9.17, 15) is 0 Å². The molecule has 3 nitrogen and oxygen atoms in total. The van der Waals surface area contributed by atoms with Crippen molar-refractivity contribution in [1.29, 1.82) is 0 Å². The van der Waals surface area contributed by atoms with Crippen molar-refractivity contribution >= 4 is 38.9 Å². The Morgan fingerprint density at radius 2 is 0.784 bits per heavy atom. The van der Waals surface area contributed by atoms with Gasteiger partial charge in [0, 0.05) is 33.6 Å². The van der Waals surface area contributed by atoms with Crippen LogP contribution in [0.5, 0.6) is 0 Å². The monoisotopic (exact) mass is 651 g/mol. The fourth-order valence-corrected chi connectivity index (χ4v) is 6.90. The van der Waals surface area contributed by atoms with E-state index in [1.165, 1.54) is 16.7 Å². The molecule has 0 bridgehead atoms. The third kappa shape index (κ3) is 5.92. The Morgan fingerprint density at radius 1 is 0.314 bits per heavy atom. The highest BCUT2D eigenvalue weighted by Crippen LogP contribution is 2.40. The molecule has 51 heavy (non-hydrogen) atoms. The van der Waals surface area contributed by atoms with E-state index in [0.717, 1.165) is 66.9 Å². The minimum absolute atomic E-state index is 0.864. The average molecular weight is 652 g/mol. The highest BCUT2D eigenvalue weighted by Gasteiger charge is 2.18. The van der Waals surface area contributed by atoms with E-state index in [4.69, 9.17) is 9.97 Å². The fourth-order valence-electron chi connectivity index (χ4n) is 6.90. The van der Waals surface area contributed by atoms with Gasteiger partial charge in [0.2, 0.25) is 0 Å². The van der Waals surface area contributed by atoms with Gasteiger partial charge in [0.05, 0.1) is 22.4 Å². The molecular formula is C48H33N3. The molecule has 0 atom stereocenters. The van der Waals surface area contributed by atoms with Gasteiger partial charge in [-0.3, -0.25) is 0 Å². The molecule has 0 unspecified atom stereocenters. The Kier molecular flexibility index (Phi) is 7.84. The molecule has 0 radical (unpaired) electrons. The number of fused-ring (bicyclic) bond motifs is 3. The zero-order valence-electron chi connectivity index (χ0n) is 27.9. The van der Waals surface area contributed by atoms with Crippen molar-refractivity contribution in [1.82, 2.24) is 9.97 Å². The van der Waals surface area contributed by atoms with Crippen molar-refractivity contribution in [3.63, 3.8) is 0 Å². The van der Waals surface area contributed by atoms with Crippen LogP contribution >= 0.6 is 0 Å². The Labute approximate surface area is 297 Å². The van der Waals surface area contributed by atoms with Crippen LogP contribution in [-0.2, 0) is 0 Å². The lowest BCUT2D eigenvalue weighted by atomic mass is 10.0. The van der Waals surface area contributed by atoms with Gasteiger partial charge in [-0.1, -0.05) is 158 Å². The van der Waals surface area contributed by atoms with E-state index < -0.39 is 0 Å². The first-order chi connectivity index (χ1) is 25.3. The van der Waals surface area contributed by atoms with Crippen molar-refractivity contribution in [2.75, 3.05) is 4.90 Å². The fraction of sp³-hybridized carbons (Fsp3) is 0. The predicted octanol–water partition coefficient (Wildman–Crippen LogP) is 12.9. The summed E-state index contributed by atoms with van der Waals surface area (Å²) in [6.45, 7) is 0. The van der Waals surface area contributed by atoms with Crippen molar-refractivity contribution < 1.29 is 0 Å². The first-order valence-electron chi connectivity index (χ1n) is 17.2. The van der Waals surface area contributed by atoms with Gasteiger partial charge < -0.3 is 4.90 Å². The molecular weight excluding hydrogens is 619 g/mol. The van der Waals surface area contributed by atoms with E-state index in [2.05, 4.69) is 193 Å². The van der Waals surface area contributed by atoms with Crippen LogP contribution in [-0.4, -0.2) is 9.97 Å². The Bertz CT molecular complexity index is 2600. The maximum absolute atomic E-state index is 5.41. The molecule has 0 aliphatic carbocycles. The average Bonchev–Trinajstić information content (AvgIpc) is 3.22. The van der Waals surface area contributed by atoms with Crippen molar-refractivity contribution in [3.8, 4) is 44.8 Å². The maximum Gasteiger partial charge on any atom is 0.0973 e. The second kappa shape index (κ2) is 13.2. The van der Waals surface area contributed by atoms with Crippen molar-refractivity contribution in [2.24, 2.45) is 0 Å². The van der Waals surface area contributed by atoms with Crippen LogP contribution in [0, 0.1) is 0 Å². The highest BCUT2D eigenvalue weighted by molar-refractivity contribution is 6.07. The summed E-state index contributed by atoms with van der Waals surface area (Å²) in [5.74, 6) is 0. The van der Waals surface area contributed by atoms with E-state index in [1.54, 1.807) is 0 Å². The van der Waals surface area contributed by atoms with Gasteiger partial charge in [-0.2, -0.15) is 0 Å². The smallest absolute Gasteiger partial charge is 0.0973 e. The van der Waals surface area contributed by atoms with Crippen LogP contribution in [0.15, 0.2) is 200 Å². The number of rotatable bonds is 7. The molecule has 0 saturated heterocycles. The summed E-state index contributed by atoms with van der Waals surface area (Å²) in [7, 11) is 0. The SMILES string of the molecule is c1ccc(-c2ccc(N(c3cccc(-c4ccccc4)c3)c3ccc4ccc5nc(-c6ccccc6)c(-c6ccccc6)nc5c4c3)cc2)cc1. The summed E-state index contributed by atoms with van der Waals surface area (Å²) < 4.78 is 0. The standard InChI is InChI=1S/C48H33N3/c1-5-14-34(15-6-1)36-24-28-41(29-25-36)51(42-23-13-22-40(32-42)35-16-7-2-8-17-35)43-30-26-37-27-31-45-48(44(37)33-43)50-47(39-20-11-4-12-21-39)46(49-45)38-18-9-3-10-19-38/h1-33H. The first kappa shape index (κ1) is 30.2. The number of hydrogen-bond donors (Lipinski definition) is 0. The molecule has 9 rings (SSSR count). The minimum Gasteiger partial charge on any atom is -0.310 e. The summed E-state index contributed by atoms with van der Waals surface area (Å²) in [5, 5.41) is 2.17. The zero-order valence-corrected chi connectivity index (χ0v) is 27.9. The summed E-state index contributed by atoms with van der Waals surface area (Å²) >= 11 is 0. The second-order valence-corrected chi connectivity index (χ2v) is 12.7. The highest BCUT2D eigenvalue weighted by atomic mass is 15.1. The Morgan fingerprint density at radius 3 is 1.41 bits per heavy atom. The van der Waals surface area contributed by atoms with Gasteiger partial charge in [-0.05, 0) is 70.1 Å². The predicted molar refractivity (Wildman–Crippen MR) is 213 cm³/mol.